The van der Waals surface area contributed by atoms with Crippen LogP contribution >= 0.6 is 11.8 Å². The third-order valence-corrected chi connectivity index (χ3v) is 3.84. The maximum absolute atomic E-state index is 11.7. The van der Waals surface area contributed by atoms with Crippen molar-refractivity contribution in [1.82, 2.24) is 10.2 Å². The normalized spacial score (nSPS) is 28.5. The van der Waals surface area contributed by atoms with Gasteiger partial charge in [-0.2, -0.15) is 0 Å². The number of aliphatic imine (C=N–C) groups is 1. The molecule has 1 amide bonds. The molecule has 0 aromatic heterocycles. The van der Waals surface area contributed by atoms with E-state index in [0.29, 0.717) is 12.6 Å². The van der Waals surface area contributed by atoms with Gasteiger partial charge in [0, 0.05) is 24.9 Å². The minimum atomic E-state index is 0.168. The van der Waals surface area contributed by atoms with Gasteiger partial charge in [0.25, 0.3) is 0 Å². The molecule has 2 rings (SSSR count). The molecule has 15 heavy (non-hydrogen) atoms. The lowest BCUT2D eigenvalue weighted by atomic mass is 10.4. The second-order valence-electron chi connectivity index (χ2n) is 4.07. The number of thioether (sulfide) groups is 1. The van der Waals surface area contributed by atoms with Crippen molar-refractivity contribution in [2.45, 2.75) is 25.8 Å². The minimum absolute atomic E-state index is 0.168. The molecule has 0 radical (unpaired) electrons. The third kappa shape index (κ3) is 2.87. The summed E-state index contributed by atoms with van der Waals surface area (Å²) < 4.78 is 0. The lowest BCUT2D eigenvalue weighted by Gasteiger charge is -2.13. The van der Waals surface area contributed by atoms with E-state index in [1.807, 2.05) is 4.90 Å². The molecule has 1 unspecified atom stereocenters. The first-order valence-electron chi connectivity index (χ1n) is 5.47. The molecule has 2 fully saturated rings. The number of amides is 1. The fraction of sp³-hybridized carbons (Fsp3) is 0.800. The van der Waals surface area contributed by atoms with Crippen molar-refractivity contribution >= 4 is 22.8 Å². The Labute approximate surface area is 94.5 Å². The molecule has 2 saturated heterocycles. The molecule has 0 aliphatic carbocycles. The van der Waals surface area contributed by atoms with Gasteiger partial charge in [-0.25, -0.2) is 0 Å². The number of rotatable bonds is 2. The molecule has 4 nitrogen and oxygen atoms in total. The summed E-state index contributed by atoms with van der Waals surface area (Å²) in [5.41, 5.74) is 0. The van der Waals surface area contributed by atoms with Crippen LogP contribution in [0.15, 0.2) is 4.99 Å². The summed E-state index contributed by atoms with van der Waals surface area (Å²) in [4.78, 5) is 17.9. The van der Waals surface area contributed by atoms with Crippen molar-refractivity contribution in [2.75, 3.05) is 25.4 Å². The van der Waals surface area contributed by atoms with E-state index in [1.54, 1.807) is 11.8 Å². The van der Waals surface area contributed by atoms with Crippen molar-refractivity contribution in [1.29, 1.82) is 0 Å². The van der Waals surface area contributed by atoms with Crippen LogP contribution < -0.4 is 5.32 Å². The quantitative estimate of drug-likeness (QED) is 0.755. The van der Waals surface area contributed by atoms with Crippen LogP contribution in [0.4, 0.5) is 0 Å². The van der Waals surface area contributed by atoms with Crippen molar-refractivity contribution < 1.29 is 4.79 Å². The first kappa shape index (κ1) is 10.8. The van der Waals surface area contributed by atoms with E-state index in [2.05, 4.69) is 17.2 Å². The Morgan fingerprint density at radius 3 is 2.93 bits per heavy atom. The zero-order valence-corrected chi connectivity index (χ0v) is 9.85. The van der Waals surface area contributed by atoms with E-state index >= 15 is 0 Å². The average Bonchev–Trinajstić information content (AvgIpc) is 2.84. The molecule has 0 aromatic carbocycles. The predicted molar refractivity (Wildman–Crippen MR) is 63.2 cm³/mol. The molecule has 0 aromatic rings. The first-order chi connectivity index (χ1) is 7.25. The van der Waals surface area contributed by atoms with Crippen molar-refractivity contribution in [3.63, 3.8) is 0 Å². The molecular formula is C10H17N3OS. The van der Waals surface area contributed by atoms with Crippen LogP contribution in [0, 0.1) is 0 Å². The number of carbonyl (C=O) groups excluding carboxylic acids is 1. The van der Waals surface area contributed by atoms with Gasteiger partial charge in [0.15, 0.2) is 5.17 Å². The summed E-state index contributed by atoms with van der Waals surface area (Å²) in [5.74, 6) is 1.22. The molecular weight excluding hydrogens is 210 g/mol. The minimum Gasteiger partial charge on any atom is -0.362 e. The number of amidine groups is 1. The summed E-state index contributed by atoms with van der Waals surface area (Å²) in [6.07, 6.45) is 2.29. The summed E-state index contributed by atoms with van der Waals surface area (Å²) >= 11 is 1.70. The topological polar surface area (TPSA) is 44.7 Å². The fourth-order valence-electron chi connectivity index (χ4n) is 1.80. The lowest BCUT2D eigenvalue weighted by Crippen LogP contribution is -2.30. The van der Waals surface area contributed by atoms with Crippen molar-refractivity contribution in [3.05, 3.63) is 0 Å². The van der Waals surface area contributed by atoms with Crippen LogP contribution in [0.25, 0.3) is 0 Å². The van der Waals surface area contributed by atoms with Gasteiger partial charge in [0.05, 0.1) is 0 Å². The molecule has 0 spiro atoms. The fourth-order valence-corrected chi connectivity index (χ4v) is 2.73. The highest BCUT2D eigenvalue weighted by molar-refractivity contribution is 8.14. The van der Waals surface area contributed by atoms with E-state index in [9.17, 15) is 4.79 Å². The van der Waals surface area contributed by atoms with Crippen LogP contribution in [0.1, 0.15) is 19.8 Å². The van der Waals surface area contributed by atoms with Gasteiger partial charge in [0.2, 0.25) is 5.91 Å². The Bertz CT molecular complexity index is 274. The maximum Gasteiger partial charge on any atom is 0.244 e. The van der Waals surface area contributed by atoms with E-state index in [-0.39, 0.29) is 5.91 Å². The van der Waals surface area contributed by atoms with E-state index in [4.69, 9.17) is 0 Å². The molecule has 0 bridgehead atoms. The van der Waals surface area contributed by atoms with Gasteiger partial charge in [0.1, 0.15) is 6.54 Å². The van der Waals surface area contributed by atoms with Crippen LogP contribution in [0.3, 0.4) is 0 Å². The zero-order valence-electron chi connectivity index (χ0n) is 9.03. The van der Waals surface area contributed by atoms with Crippen LogP contribution in [0.5, 0.6) is 0 Å². The summed E-state index contributed by atoms with van der Waals surface area (Å²) in [7, 11) is 0. The van der Waals surface area contributed by atoms with Crippen LogP contribution in [-0.4, -0.2) is 47.4 Å². The Kier molecular flexibility index (Phi) is 3.51. The summed E-state index contributed by atoms with van der Waals surface area (Å²) in [6, 6.07) is 0.482. The second-order valence-corrected chi connectivity index (χ2v) is 5.07. The number of nitrogens with zero attached hydrogens (tertiary/aromatic N) is 2. The number of likely N-dealkylation sites (tertiary alicyclic amines) is 1. The Hall–Kier alpha value is -0.710. The van der Waals surface area contributed by atoms with Gasteiger partial charge in [-0.15, -0.1) is 0 Å². The highest BCUT2D eigenvalue weighted by Crippen LogP contribution is 2.13. The number of hydrogen-bond donors (Lipinski definition) is 1. The predicted octanol–water partition coefficient (Wildman–Crippen LogP) is 0.690. The maximum atomic E-state index is 11.7. The van der Waals surface area contributed by atoms with Gasteiger partial charge in [-0.3, -0.25) is 9.79 Å². The Morgan fingerprint density at radius 2 is 2.33 bits per heavy atom. The van der Waals surface area contributed by atoms with Gasteiger partial charge in [-0.1, -0.05) is 11.8 Å². The van der Waals surface area contributed by atoms with Gasteiger partial charge >= 0.3 is 0 Å². The largest absolute Gasteiger partial charge is 0.362 e. The molecule has 1 N–H and O–H groups in total. The molecule has 0 saturated carbocycles. The SMILES string of the molecule is CC1CSC(=NCC(=O)N2CCCC2)N1. The zero-order chi connectivity index (χ0) is 10.7. The highest BCUT2D eigenvalue weighted by atomic mass is 32.2. The third-order valence-electron chi connectivity index (χ3n) is 2.66. The monoisotopic (exact) mass is 227 g/mol. The smallest absolute Gasteiger partial charge is 0.244 e. The molecule has 2 aliphatic heterocycles. The van der Waals surface area contributed by atoms with E-state index < -0.39 is 0 Å². The highest BCUT2D eigenvalue weighted by Gasteiger charge is 2.19. The molecule has 84 valence electrons. The van der Waals surface area contributed by atoms with E-state index in [1.165, 1.54) is 0 Å². The van der Waals surface area contributed by atoms with Crippen LogP contribution in [0.2, 0.25) is 0 Å². The number of nitrogens with one attached hydrogen (secondary N) is 1. The summed E-state index contributed by atoms with van der Waals surface area (Å²) in [6.45, 7) is 4.27. The van der Waals surface area contributed by atoms with Crippen molar-refractivity contribution in [2.24, 2.45) is 4.99 Å². The Balaban J connectivity index is 1.79. The number of hydrogen-bond acceptors (Lipinski definition) is 3. The van der Waals surface area contributed by atoms with Gasteiger partial charge < -0.3 is 10.2 Å². The molecule has 2 aliphatic rings. The number of carbonyl (C=O) groups is 1. The van der Waals surface area contributed by atoms with Crippen LogP contribution in [-0.2, 0) is 4.79 Å². The van der Waals surface area contributed by atoms with Gasteiger partial charge in [-0.05, 0) is 19.8 Å². The first-order valence-corrected chi connectivity index (χ1v) is 6.46. The molecule has 2 heterocycles. The average molecular weight is 227 g/mol. The summed E-state index contributed by atoms with van der Waals surface area (Å²) in [5, 5.41) is 4.17. The molecule has 5 heteroatoms. The second kappa shape index (κ2) is 4.88. The Morgan fingerprint density at radius 1 is 1.60 bits per heavy atom. The lowest BCUT2D eigenvalue weighted by molar-refractivity contribution is -0.128. The molecule has 1 atom stereocenters. The standard InChI is InChI=1S/C10H17N3OS/c1-8-7-15-10(12-8)11-6-9(14)13-4-2-3-5-13/h8H,2-7H2,1H3,(H,11,12). The van der Waals surface area contributed by atoms with Crippen molar-refractivity contribution in [3.8, 4) is 0 Å². The van der Waals surface area contributed by atoms with E-state index in [0.717, 1.165) is 36.9 Å².